The maximum atomic E-state index is 12.0. The lowest BCUT2D eigenvalue weighted by atomic mass is 10.1. The van der Waals surface area contributed by atoms with Crippen molar-refractivity contribution in [2.24, 2.45) is 0 Å². The van der Waals surface area contributed by atoms with Crippen LogP contribution in [0.15, 0.2) is 35.1 Å². The number of hydrogen-bond donors (Lipinski definition) is 1. The zero-order chi connectivity index (χ0) is 13.1. The Kier molecular flexibility index (Phi) is 3.93. The summed E-state index contributed by atoms with van der Waals surface area (Å²) in [6.07, 6.45) is 1.29. The van der Waals surface area contributed by atoms with Crippen LogP contribution in [-0.2, 0) is 0 Å². The third-order valence-electron chi connectivity index (χ3n) is 2.24. The summed E-state index contributed by atoms with van der Waals surface area (Å²) in [5.74, 6) is 0.115. The van der Waals surface area contributed by atoms with Gasteiger partial charge in [0.25, 0.3) is 5.91 Å². The number of nitrogens with one attached hydrogen (secondary N) is 1. The van der Waals surface area contributed by atoms with Crippen molar-refractivity contribution in [2.45, 2.75) is 6.92 Å². The van der Waals surface area contributed by atoms with Crippen molar-refractivity contribution in [1.82, 2.24) is 9.97 Å². The van der Waals surface area contributed by atoms with Gasteiger partial charge in [0.15, 0.2) is 0 Å². The summed E-state index contributed by atoms with van der Waals surface area (Å²) in [5, 5.41) is 2.94. The molecular formula is C12H9BrClN3O. The van der Waals surface area contributed by atoms with Crippen LogP contribution in [0, 0.1) is 6.92 Å². The highest BCUT2D eigenvalue weighted by atomic mass is 79.9. The predicted octanol–water partition coefficient (Wildman–Crippen LogP) is 3.45. The summed E-state index contributed by atoms with van der Waals surface area (Å²) in [4.78, 5) is 19.7. The summed E-state index contributed by atoms with van der Waals surface area (Å²) in [6.45, 7) is 1.95. The number of carbonyl (C=O) groups excluding carboxylic acids is 1. The Balaban J connectivity index is 2.22. The number of aryl methyl sites for hydroxylation is 1. The lowest BCUT2D eigenvalue weighted by Crippen LogP contribution is -2.13. The number of rotatable bonds is 2. The van der Waals surface area contributed by atoms with Crippen LogP contribution in [0.1, 0.15) is 15.9 Å². The first-order valence-electron chi connectivity index (χ1n) is 5.11. The average molecular weight is 327 g/mol. The van der Waals surface area contributed by atoms with Gasteiger partial charge < -0.3 is 5.32 Å². The molecule has 1 amide bonds. The van der Waals surface area contributed by atoms with Gasteiger partial charge in [-0.15, -0.1) is 0 Å². The van der Waals surface area contributed by atoms with Crippen LogP contribution in [-0.4, -0.2) is 15.9 Å². The number of carbonyl (C=O) groups is 1. The number of halogens is 2. The third-order valence-corrected chi connectivity index (χ3v) is 3.11. The maximum absolute atomic E-state index is 12.0. The van der Waals surface area contributed by atoms with E-state index in [0.717, 1.165) is 10.0 Å². The van der Waals surface area contributed by atoms with E-state index in [2.05, 4.69) is 31.2 Å². The van der Waals surface area contributed by atoms with Crippen LogP contribution in [0.4, 0.5) is 5.82 Å². The highest BCUT2D eigenvalue weighted by Crippen LogP contribution is 2.19. The van der Waals surface area contributed by atoms with Crippen LogP contribution in [0.2, 0.25) is 5.15 Å². The molecule has 92 valence electrons. The molecule has 0 aliphatic carbocycles. The Morgan fingerprint density at radius 2 is 2.11 bits per heavy atom. The van der Waals surface area contributed by atoms with Crippen molar-refractivity contribution in [1.29, 1.82) is 0 Å². The smallest absolute Gasteiger partial charge is 0.257 e. The second-order valence-electron chi connectivity index (χ2n) is 3.66. The predicted molar refractivity (Wildman–Crippen MR) is 73.9 cm³/mol. The van der Waals surface area contributed by atoms with Crippen LogP contribution in [0.25, 0.3) is 0 Å². The second kappa shape index (κ2) is 5.46. The zero-order valence-electron chi connectivity index (χ0n) is 9.45. The van der Waals surface area contributed by atoms with Gasteiger partial charge in [0.2, 0.25) is 0 Å². The zero-order valence-corrected chi connectivity index (χ0v) is 11.8. The van der Waals surface area contributed by atoms with Gasteiger partial charge in [-0.2, -0.15) is 0 Å². The summed E-state index contributed by atoms with van der Waals surface area (Å²) < 4.78 is 0.736. The van der Waals surface area contributed by atoms with Gasteiger partial charge >= 0.3 is 0 Å². The topological polar surface area (TPSA) is 54.9 Å². The highest BCUT2D eigenvalue weighted by Gasteiger charge is 2.11. The summed E-state index contributed by atoms with van der Waals surface area (Å²) in [7, 11) is 0. The quantitative estimate of drug-likeness (QED) is 0.860. The normalized spacial score (nSPS) is 10.2. The van der Waals surface area contributed by atoms with Crippen molar-refractivity contribution >= 4 is 39.3 Å². The first-order valence-corrected chi connectivity index (χ1v) is 6.28. The minimum Gasteiger partial charge on any atom is -0.306 e. The fourth-order valence-electron chi connectivity index (χ4n) is 1.39. The maximum Gasteiger partial charge on any atom is 0.257 e. The molecule has 0 radical (unpaired) electrons. The van der Waals surface area contributed by atoms with Gasteiger partial charge in [-0.25, -0.2) is 9.97 Å². The van der Waals surface area contributed by atoms with Gasteiger partial charge in [0, 0.05) is 10.5 Å². The fraction of sp³-hybridized carbons (Fsp3) is 0.0833. The number of anilines is 1. The van der Waals surface area contributed by atoms with E-state index in [1.165, 1.54) is 12.4 Å². The minimum atomic E-state index is -0.253. The van der Waals surface area contributed by atoms with Crippen molar-refractivity contribution in [3.8, 4) is 0 Å². The van der Waals surface area contributed by atoms with E-state index in [-0.39, 0.29) is 11.1 Å². The molecule has 1 heterocycles. The van der Waals surface area contributed by atoms with Gasteiger partial charge in [0.05, 0.1) is 5.56 Å². The highest BCUT2D eigenvalue weighted by molar-refractivity contribution is 9.10. The molecule has 4 nitrogen and oxygen atoms in total. The number of nitrogens with zero attached hydrogens (tertiary/aromatic N) is 2. The largest absolute Gasteiger partial charge is 0.306 e. The van der Waals surface area contributed by atoms with E-state index in [1.807, 2.05) is 19.1 Å². The van der Waals surface area contributed by atoms with Crippen LogP contribution < -0.4 is 5.32 Å². The summed E-state index contributed by atoms with van der Waals surface area (Å²) in [6, 6.07) is 6.98. The van der Waals surface area contributed by atoms with E-state index in [9.17, 15) is 4.79 Å². The van der Waals surface area contributed by atoms with Gasteiger partial charge in [0.1, 0.15) is 17.3 Å². The number of aromatic nitrogens is 2. The number of amides is 1. The molecule has 1 aromatic carbocycles. The van der Waals surface area contributed by atoms with Gasteiger partial charge in [-0.1, -0.05) is 17.7 Å². The van der Waals surface area contributed by atoms with E-state index < -0.39 is 0 Å². The van der Waals surface area contributed by atoms with Crippen molar-refractivity contribution in [2.75, 3.05) is 5.32 Å². The first-order chi connectivity index (χ1) is 8.56. The monoisotopic (exact) mass is 325 g/mol. The lowest BCUT2D eigenvalue weighted by Gasteiger charge is -2.06. The van der Waals surface area contributed by atoms with Crippen molar-refractivity contribution in [3.63, 3.8) is 0 Å². The van der Waals surface area contributed by atoms with Crippen molar-refractivity contribution < 1.29 is 4.79 Å². The molecule has 0 aliphatic rings. The molecule has 0 bridgehead atoms. The number of benzene rings is 1. The number of hydrogen-bond acceptors (Lipinski definition) is 3. The Hall–Kier alpha value is -1.46. The first kappa shape index (κ1) is 13.0. The molecular weight excluding hydrogens is 318 g/mol. The molecule has 18 heavy (non-hydrogen) atoms. The van der Waals surface area contributed by atoms with Crippen LogP contribution in [0.3, 0.4) is 0 Å². The van der Waals surface area contributed by atoms with E-state index in [1.54, 1.807) is 6.07 Å². The van der Waals surface area contributed by atoms with E-state index in [4.69, 9.17) is 11.6 Å². The fourth-order valence-corrected chi connectivity index (χ4v) is 2.21. The molecule has 0 fully saturated rings. The minimum absolute atomic E-state index is 0.253. The standard InChI is InChI=1S/C12H9BrClN3O/c1-7-2-3-8(9(13)4-7)12(18)17-11-5-10(14)15-6-16-11/h2-6H,1H3,(H,15,16,17,18). The Labute approximate surface area is 118 Å². The Bertz CT molecular complexity index is 604. The van der Waals surface area contributed by atoms with E-state index >= 15 is 0 Å². The molecule has 0 unspecified atom stereocenters. The molecule has 2 rings (SSSR count). The summed E-state index contributed by atoms with van der Waals surface area (Å²) >= 11 is 9.07. The molecule has 6 heteroatoms. The Morgan fingerprint density at radius 3 is 2.78 bits per heavy atom. The van der Waals surface area contributed by atoms with E-state index in [0.29, 0.717) is 11.4 Å². The molecule has 0 saturated carbocycles. The molecule has 2 aromatic rings. The molecule has 1 N–H and O–H groups in total. The van der Waals surface area contributed by atoms with Gasteiger partial charge in [-0.05, 0) is 40.5 Å². The molecule has 0 atom stereocenters. The average Bonchev–Trinajstić information content (AvgIpc) is 2.28. The van der Waals surface area contributed by atoms with Crippen LogP contribution >= 0.6 is 27.5 Å². The Morgan fingerprint density at radius 1 is 1.33 bits per heavy atom. The van der Waals surface area contributed by atoms with Gasteiger partial charge in [-0.3, -0.25) is 4.79 Å². The molecule has 0 saturated heterocycles. The lowest BCUT2D eigenvalue weighted by molar-refractivity contribution is 0.102. The summed E-state index contributed by atoms with van der Waals surface area (Å²) in [5.41, 5.74) is 1.61. The molecule has 0 spiro atoms. The third kappa shape index (κ3) is 3.05. The molecule has 1 aromatic heterocycles. The second-order valence-corrected chi connectivity index (χ2v) is 4.90. The SMILES string of the molecule is Cc1ccc(C(=O)Nc2cc(Cl)ncn2)c(Br)c1. The van der Waals surface area contributed by atoms with Crippen LogP contribution in [0.5, 0.6) is 0 Å². The van der Waals surface area contributed by atoms with Crippen molar-refractivity contribution in [3.05, 3.63) is 51.3 Å². The molecule has 0 aliphatic heterocycles.